The van der Waals surface area contributed by atoms with Crippen LogP contribution in [-0.4, -0.2) is 35.0 Å². The molecule has 144 valence electrons. The zero-order valence-electron chi connectivity index (χ0n) is 16.7. The molecule has 2 aliphatic rings. The Morgan fingerprint density at radius 2 is 1.26 bits per heavy atom. The summed E-state index contributed by atoms with van der Waals surface area (Å²) < 4.78 is 22.2. The largest absolute Gasteiger partial charge is 0.493 e. The van der Waals surface area contributed by atoms with Crippen LogP contribution < -0.4 is 23.8 Å². The normalized spacial score (nSPS) is 22.9. The van der Waals surface area contributed by atoms with Crippen LogP contribution in [0.4, 0.5) is 0 Å². The molecular formula is C22H28NO4+. The summed E-state index contributed by atoms with van der Waals surface area (Å²) in [5, 5.41) is 0. The van der Waals surface area contributed by atoms with Crippen molar-refractivity contribution in [2.45, 2.75) is 31.8 Å². The number of quaternary nitrogens is 1. The van der Waals surface area contributed by atoms with Gasteiger partial charge in [-0.3, -0.25) is 0 Å². The molecule has 2 heterocycles. The van der Waals surface area contributed by atoms with Crippen molar-refractivity contribution in [2.24, 2.45) is 0 Å². The number of benzene rings is 2. The van der Waals surface area contributed by atoms with Gasteiger partial charge in [-0.05, 0) is 42.3 Å². The number of fused-ring (bicyclic) bond motifs is 4. The molecule has 2 aromatic rings. The fourth-order valence-corrected chi connectivity index (χ4v) is 4.83. The molecule has 0 aliphatic carbocycles. The number of hydrogen-bond acceptors (Lipinski definition) is 4. The Bertz CT molecular complexity index is 864. The van der Waals surface area contributed by atoms with Gasteiger partial charge in [0.05, 0.1) is 35.0 Å². The summed E-state index contributed by atoms with van der Waals surface area (Å²) in [5.41, 5.74) is 5.46. The van der Waals surface area contributed by atoms with Gasteiger partial charge in [0.1, 0.15) is 12.1 Å². The van der Waals surface area contributed by atoms with Gasteiger partial charge in [-0.15, -0.1) is 0 Å². The molecule has 2 aromatic carbocycles. The Labute approximate surface area is 160 Å². The number of hydrogen-bond donors (Lipinski definition) is 1. The molecular weight excluding hydrogens is 342 g/mol. The van der Waals surface area contributed by atoms with E-state index in [-0.39, 0.29) is 0 Å². The maximum absolute atomic E-state index is 5.57. The number of ether oxygens (including phenoxy) is 4. The molecule has 0 amide bonds. The predicted molar refractivity (Wildman–Crippen MR) is 103 cm³/mol. The summed E-state index contributed by atoms with van der Waals surface area (Å²) in [7, 11) is 6.79. The molecule has 3 unspecified atom stereocenters. The highest BCUT2D eigenvalue weighted by molar-refractivity contribution is 5.52. The quantitative estimate of drug-likeness (QED) is 0.898. The highest BCUT2D eigenvalue weighted by Crippen LogP contribution is 2.40. The Morgan fingerprint density at radius 1 is 0.741 bits per heavy atom. The first-order valence-corrected chi connectivity index (χ1v) is 9.46. The summed E-state index contributed by atoms with van der Waals surface area (Å²) in [5.74, 6) is 3.23. The fraction of sp³-hybridized carbons (Fsp3) is 0.455. The minimum absolute atomic E-state index is 0.403. The van der Waals surface area contributed by atoms with Crippen molar-refractivity contribution in [3.8, 4) is 23.0 Å². The van der Waals surface area contributed by atoms with Crippen molar-refractivity contribution < 1.29 is 23.8 Å². The van der Waals surface area contributed by atoms with Crippen LogP contribution in [0.15, 0.2) is 24.3 Å². The molecule has 4 rings (SSSR count). The van der Waals surface area contributed by atoms with E-state index in [0.29, 0.717) is 12.1 Å². The smallest absolute Gasteiger partial charge is 0.161 e. The Balaban J connectivity index is 1.80. The zero-order valence-corrected chi connectivity index (χ0v) is 16.7. The molecule has 0 saturated carbocycles. The second-order valence-electron chi connectivity index (χ2n) is 7.37. The second-order valence-corrected chi connectivity index (χ2v) is 7.37. The molecule has 0 spiro atoms. The van der Waals surface area contributed by atoms with Gasteiger partial charge in [0.15, 0.2) is 23.0 Å². The van der Waals surface area contributed by atoms with E-state index < -0.39 is 0 Å². The molecule has 0 fully saturated rings. The lowest BCUT2D eigenvalue weighted by molar-refractivity contribution is -0.964. The predicted octanol–water partition coefficient (Wildman–Crippen LogP) is 2.52. The third-order valence-electron chi connectivity index (χ3n) is 6.24. The van der Waals surface area contributed by atoms with Crippen LogP contribution in [0.2, 0.25) is 0 Å². The van der Waals surface area contributed by atoms with Crippen LogP contribution in [0.25, 0.3) is 0 Å². The lowest BCUT2D eigenvalue weighted by Crippen LogP contribution is -3.14. The van der Waals surface area contributed by atoms with E-state index in [4.69, 9.17) is 18.9 Å². The maximum Gasteiger partial charge on any atom is 0.161 e. The fourth-order valence-electron chi connectivity index (χ4n) is 4.83. The number of rotatable bonds is 4. The summed E-state index contributed by atoms with van der Waals surface area (Å²) in [4.78, 5) is 1.61. The molecule has 3 atom stereocenters. The van der Waals surface area contributed by atoms with E-state index in [0.717, 1.165) is 42.4 Å². The summed E-state index contributed by atoms with van der Waals surface area (Å²) in [6, 6.07) is 9.45. The monoisotopic (exact) mass is 370 g/mol. The molecule has 1 N–H and O–H groups in total. The van der Waals surface area contributed by atoms with E-state index >= 15 is 0 Å². The topological polar surface area (TPSA) is 41.4 Å². The van der Waals surface area contributed by atoms with Gasteiger partial charge in [-0.2, -0.15) is 0 Å². The van der Waals surface area contributed by atoms with Crippen molar-refractivity contribution in [3.63, 3.8) is 0 Å². The van der Waals surface area contributed by atoms with Crippen LogP contribution in [0.5, 0.6) is 23.0 Å². The van der Waals surface area contributed by atoms with Gasteiger partial charge in [0, 0.05) is 24.0 Å². The maximum atomic E-state index is 5.57. The minimum atomic E-state index is 0.403. The number of nitrogens with one attached hydrogen (secondary N) is 1. The summed E-state index contributed by atoms with van der Waals surface area (Å²) in [6.45, 7) is 3.43. The van der Waals surface area contributed by atoms with Crippen LogP contribution in [0, 0.1) is 0 Å². The van der Waals surface area contributed by atoms with Crippen LogP contribution in [0.3, 0.4) is 0 Å². The Morgan fingerprint density at radius 3 is 1.85 bits per heavy atom. The van der Waals surface area contributed by atoms with Crippen LogP contribution in [-0.2, 0) is 12.8 Å². The van der Waals surface area contributed by atoms with E-state index in [1.807, 2.05) is 0 Å². The van der Waals surface area contributed by atoms with Crippen molar-refractivity contribution >= 4 is 0 Å². The van der Waals surface area contributed by atoms with E-state index in [2.05, 4.69) is 31.2 Å². The van der Waals surface area contributed by atoms with Gasteiger partial charge >= 0.3 is 0 Å². The first-order chi connectivity index (χ1) is 13.1. The lowest BCUT2D eigenvalue weighted by atomic mass is 9.81. The van der Waals surface area contributed by atoms with Gasteiger partial charge in [-0.1, -0.05) is 0 Å². The summed E-state index contributed by atoms with van der Waals surface area (Å²) >= 11 is 0. The molecule has 5 nitrogen and oxygen atoms in total. The molecule has 2 aliphatic heterocycles. The molecule has 5 heteroatoms. The van der Waals surface area contributed by atoms with E-state index in [1.54, 1.807) is 33.3 Å². The molecule has 0 aromatic heterocycles. The van der Waals surface area contributed by atoms with Gasteiger partial charge in [0.2, 0.25) is 0 Å². The highest BCUT2D eigenvalue weighted by Gasteiger charge is 2.41. The third-order valence-corrected chi connectivity index (χ3v) is 6.24. The SMILES string of the molecule is COc1cc2c(cc1OC)C(C)[NH+]1CCc3cc(OC)c(OC)cc3C1C2. The number of methoxy groups -OCH3 is 4. The second kappa shape index (κ2) is 6.97. The molecule has 0 saturated heterocycles. The van der Waals surface area contributed by atoms with Crippen molar-refractivity contribution in [1.29, 1.82) is 0 Å². The van der Waals surface area contributed by atoms with Crippen molar-refractivity contribution in [3.05, 3.63) is 46.5 Å². The molecule has 27 heavy (non-hydrogen) atoms. The van der Waals surface area contributed by atoms with Gasteiger partial charge < -0.3 is 23.8 Å². The van der Waals surface area contributed by atoms with E-state index in [1.165, 1.54) is 22.3 Å². The molecule has 0 radical (unpaired) electrons. The standard InChI is InChI=1S/C22H27NO4/c1-13-16-11-21(26-4)20(25-3)10-15(16)8-18-17-12-22(27-5)19(24-2)9-14(17)6-7-23(13)18/h9-13,18H,6-8H2,1-5H3/p+1. The van der Waals surface area contributed by atoms with E-state index in [9.17, 15) is 0 Å². The average molecular weight is 370 g/mol. The van der Waals surface area contributed by atoms with Gasteiger partial charge in [0.25, 0.3) is 0 Å². The lowest BCUT2D eigenvalue weighted by Gasteiger charge is -2.42. The molecule has 0 bridgehead atoms. The summed E-state index contributed by atoms with van der Waals surface area (Å²) in [6.07, 6.45) is 2.03. The average Bonchev–Trinajstić information content (AvgIpc) is 2.71. The van der Waals surface area contributed by atoms with Crippen LogP contribution >= 0.6 is 0 Å². The van der Waals surface area contributed by atoms with Gasteiger partial charge in [-0.25, -0.2) is 0 Å². The van der Waals surface area contributed by atoms with Crippen molar-refractivity contribution in [2.75, 3.05) is 35.0 Å². The first-order valence-electron chi connectivity index (χ1n) is 9.46. The Kier molecular flexibility index (Phi) is 4.64. The van der Waals surface area contributed by atoms with Crippen molar-refractivity contribution in [1.82, 2.24) is 0 Å². The first kappa shape index (κ1) is 18.0. The highest BCUT2D eigenvalue weighted by atomic mass is 16.5. The third kappa shape index (κ3) is 2.81. The zero-order chi connectivity index (χ0) is 19.1. The van der Waals surface area contributed by atoms with Crippen LogP contribution in [0.1, 0.15) is 41.3 Å². The minimum Gasteiger partial charge on any atom is -0.493 e. The Hall–Kier alpha value is -2.40.